The van der Waals surface area contributed by atoms with Gasteiger partial charge in [-0.2, -0.15) is 12.8 Å². The van der Waals surface area contributed by atoms with Crippen LogP contribution in [0.15, 0.2) is 70.0 Å². The van der Waals surface area contributed by atoms with E-state index in [1.54, 1.807) is 36.4 Å². The Morgan fingerprint density at radius 1 is 1.09 bits per heavy atom. The zero-order valence-electron chi connectivity index (χ0n) is 12.4. The molecule has 1 N–H and O–H groups in total. The molecule has 0 bridgehead atoms. The number of hydrogen-bond acceptors (Lipinski definition) is 4. The van der Waals surface area contributed by atoms with Crippen LogP contribution in [0, 0.1) is 0 Å². The molecule has 3 rings (SSSR count). The van der Waals surface area contributed by atoms with Crippen LogP contribution in [0.4, 0.5) is 0 Å². The van der Waals surface area contributed by atoms with Gasteiger partial charge in [0.2, 0.25) is 0 Å². The molecule has 118 valence electrons. The summed E-state index contributed by atoms with van der Waals surface area (Å²) in [6.45, 7) is 0. The fourth-order valence-electron chi connectivity index (χ4n) is 2.37. The molecule has 0 heterocycles. The summed E-state index contributed by atoms with van der Waals surface area (Å²) in [5.74, 6) is 0.572. The Labute approximate surface area is 134 Å². The first-order valence-electron chi connectivity index (χ1n) is 6.96. The van der Waals surface area contributed by atoms with Gasteiger partial charge in [0.25, 0.3) is 10.0 Å². The molecule has 1 unspecified atom stereocenters. The summed E-state index contributed by atoms with van der Waals surface area (Å²) in [5.41, 5.74) is 1.56. The minimum absolute atomic E-state index is 0.0859. The van der Waals surface area contributed by atoms with Gasteiger partial charge in [0.05, 0.1) is 23.8 Å². The van der Waals surface area contributed by atoms with Crippen molar-refractivity contribution in [3.63, 3.8) is 0 Å². The molecule has 0 spiro atoms. The molecule has 0 saturated heterocycles. The summed E-state index contributed by atoms with van der Waals surface area (Å²) in [6, 6.07) is 13.1. The van der Waals surface area contributed by atoms with E-state index in [0.29, 0.717) is 22.6 Å². The highest BCUT2D eigenvalue weighted by atomic mass is 32.2. The Hall–Kier alpha value is -2.44. The average molecular weight is 329 g/mol. The second-order valence-corrected chi connectivity index (χ2v) is 6.62. The highest BCUT2D eigenvalue weighted by Crippen LogP contribution is 2.26. The highest BCUT2D eigenvalue weighted by molar-refractivity contribution is 7.90. The summed E-state index contributed by atoms with van der Waals surface area (Å²) in [4.78, 5) is 0.0859. The SMILES string of the molecule is COc1ccc(S(=O)(=O)N=C2C=CC(O)c3ccccc32)cc1. The molecule has 0 saturated carbocycles. The fourth-order valence-corrected chi connectivity index (χ4v) is 3.38. The lowest BCUT2D eigenvalue weighted by Gasteiger charge is -2.17. The van der Waals surface area contributed by atoms with E-state index >= 15 is 0 Å². The quantitative estimate of drug-likeness (QED) is 0.938. The van der Waals surface area contributed by atoms with Crippen LogP contribution in [0.2, 0.25) is 0 Å². The number of allylic oxidation sites excluding steroid dienone is 1. The zero-order valence-corrected chi connectivity index (χ0v) is 13.2. The lowest BCUT2D eigenvalue weighted by atomic mass is 9.93. The number of sulfonamides is 1. The largest absolute Gasteiger partial charge is 0.497 e. The van der Waals surface area contributed by atoms with Crippen molar-refractivity contribution in [2.24, 2.45) is 4.40 Å². The number of hydrogen-bond donors (Lipinski definition) is 1. The minimum atomic E-state index is -3.85. The van der Waals surface area contributed by atoms with Crippen LogP contribution < -0.4 is 4.74 Å². The normalized spacial score (nSPS) is 18.7. The topological polar surface area (TPSA) is 76.0 Å². The standard InChI is InChI=1S/C17H15NO4S/c1-22-12-6-8-13(9-7-12)23(20,21)18-16-10-11-17(19)15-5-3-2-4-14(15)16/h2-11,17,19H,1H3. The molecule has 0 aromatic heterocycles. The maximum absolute atomic E-state index is 12.5. The summed E-state index contributed by atoms with van der Waals surface area (Å²) in [6.07, 6.45) is 2.28. The maximum atomic E-state index is 12.5. The van der Waals surface area contributed by atoms with Crippen molar-refractivity contribution in [1.82, 2.24) is 0 Å². The lowest BCUT2D eigenvalue weighted by Crippen LogP contribution is -2.13. The van der Waals surface area contributed by atoms with Crippen molar-refractivity contribution in [3.8, 4) is 5.75 Å². The number of methoxy groups -OCH3 is 1. The number of aliphatic hydroxyl groups is 1. The Balaban J connectivity index is 2.04. The van der Waals surface area contributed by atoms with Crippen molar-refractivity contribution in [3.05, 3.63) is 71.8 Å². The first kappa shape index (κ1) is 15.5. The predicted molar refractivity (Wildman–Crippen MR) is 87.3 cm³/mol. The van der Waals surface area contributed by atoms with E-state index in [-0.39, 0.29) is 4.90 Å². The molecule has 1 aliphatic carbocycles. The summed E-state index contributed by atoms with van der Waals surface area (Å²) in [7, 11) is -2.33. The average Bonchev–Trinajstić information content (AvgIpc) is 2.58. The van der Waals surface area contributed by atoms with Gasteiger partial charge < -0.3 is 9.84 Å². The summed E-state index contributed by atoms with van der Waals surface area (Å²) < 4.78 is 33.9. The van der Waals surface area contributed by atoms with E-state index in [9.17, 15) is 13.5 Å². The summed E-state index contributed by atoms with van der Waals surface area (Å²) >= 11 is 0. The van der Waals surface area contributed by atoms with Gasteiger partial charge in [-0.3, -0.25) is 0 Å². The molecule has 0 aliphatic heterocycles. The van der Waals surface area contributed by atoms with Gasteiger partial charge in [-0.1, -0.05) is 24.3 Å². The van der Waals surface area contributed by atoms with E-state index < -0.39 is 16.1 Å². The van der Waals surface area contributed by atoms with Gasteiger partial charge in [0.15, 0.2) is 0 Å². The Morgan fingerprint density at radius 2 is 1.78 bits per heavy atom. The van der Waals surface area contributed by atoms with Gasteiger partial charge in [-0.15, -0.1) is 0 Å². The van der Waals surface area contributed by atoms with Gasteiger partial charge >= 0.3 is 0 Å². The lowest BCUT2D eigenvalue weighted by molar-refractivity contribution is 0.228. The molecule has 1 atom stereocenters. The number of rotatable bonds is 3. The highest BCUT2D eigenvalue weighted by Gasteiger charge is 2.20. The van der Waals surface area contributed by atoms with Gasteiger partial charge in [0, 0.05) is 5.56 Å². The number of nitrogens with zero attached hydrogens (tertiary/aromatic N) is 1. The molecule has 0 radical (unpaired) electrons. The van der Waals surface area contributed by atoms with E-state index in [1.165, 1.54) is 31.4 Å². The molecule has 5 nitrogen and oxygen atoms in total. The van der Waals surface area contributed by atoms with Crippen molar-refractivity contribution >= 4 is 15.7 Å². The molecular formula is C17H15NO4S. The second kappa shape index (κ2) is 5.98. The molecule has 1 aliphatic rings. The minimum Gasteiger partial charge on any atom is -0.497 e. The van der Waals surface area contributed by atoms with Crippen molar-refractivity contribution in [1.29, 1.82) is 0 Å². The first-order chi connectivity index (χ1) is 11.0. The predicted octanol–water partition coefficient (Wildman–Crippen LogP) is 2.48. The van der Waals surface area contributed by atoms with E-state index in [4.69, 9.17) is 4.74 Å². The number of benzene rings is 2. The molecule has 0 fully saturated rings. The first-order valence-corrected chi connectivity index (χ1v) is 8.40. The zero-order chi connectivity index (χ0) is 16.4. The van der Waals surface area contributed by atoms with Crippen molar-refractivity contribution < 1.29 is 18.3 Å². The summed E-state index contributed by atoms with van der Waals surface area (Å²) in [5, 5.41) is 9.95. The Bertz CT molecular complexity index is 883. The van der Waals surface area contributed by atoms with E-state index in [0.717, 1.165) is 0 Å². The van der Waals surface area contributed by atoms with Gasteiger partial charge in [-0.25, -0.2) is 0 Å². The van der Waals surface area contributed by atoms with E-state index in [2.05, 4.69) is 4.40 Å². The van der Waals surface area contributed by atoms with E-state index in [1.807, 2.05) is 0 Å². The second-order valence-electron chi connectivity index (χ2n) is 5.02. The fraction of sp³-hybridized carbons (Fsp3) is 0.118. The third-order valence-electron chi connectivity index (χ3n) is 3.57. The van der Waals surface area contributed by atoms with Crippen LogP contribution in [0.1, 0.15) is 17.2 Å². The number of fused-ring (bicyclic) bond motifs is 1. The molecule has 2 aromatic carbocycles. The van der Waals surface area contributed by atoms with Gasteiger partial charge in [-0.05, 0) is 42.0 Å². The van der Waals surface area contributed by atoms with Crippen LogP contribution in [0.25, 0.3) is 0 Å². The molecule has 6 heteroatoms. The van der Waals surface area contributed by atoms with Crippen LogP contribution in [-0.2, 0) is 10.0 Å². The molecule has 23 heavy (non-hydrogen) atoms. The maximum Gasteiger partial charge on any atom is 0.282 e. The number of aliphatic hydroxyl groups excluding tert-OH is 1. The molecular weight excluding hydrogens is 314 g/mol. The monoisotopic (exact) mass is 329 g/mol. The van der Waals surface area contributed by atoms with Gasteiger partial charge in [0.1, 0.15) is 5.75 Å². The van der Waals surface area contributed by atoms with Crippen LogP contribution >= 0.6 is 0 Å². The van der Waals surface area contributed by atoms with Crippen molar-refractivity contribution in [2.45, 2.75) is 11.0 Å². The number of ether oxygens (including phenoxy) is 1. The third-order valence-corrected chi connectivity index (χ3v) is 4.87. The smallest absolute Gasteiger partial charge is 0.282 e. The van der Waals surface area contributed by atoms with Crippen LogP contribution in [0.5, 0.6) is 5.75 Å². The Morgan fingerprint density at radius 3 is 2.48 bits per heavy atom. The molecule has 2 aromatic rings. The van der Waals surface area contributed by atoms with Crippen LogP contribution in [0.3, 0.4) is 0 Å². The van der Waals surface area contributed by atoms with Crippen molar-refractivity contribution in [2.75, 3.05) is 7.11 Å². The molecule has 0 amide bonds. The third kappa shape index (κ3) is 3.04. The Kier molecular flexibility index (Phi) is 4.02. The van der Waals surface area contributed by atoms with Crippen LogP contribution in [-0.4, -0.2) is 26.3 Å².